The van der Waals surface area contributed by atoms with Crippen molar-refractivity contribution in [2.45, 2.75) is 24.3 Å². The van der Waals surface area contributed by atoms with Crippen molar-refractivity contribution in [1.82, 2.24) is 5.32 Å². The van der Waals surface area contributed by atoms with Gasteiger partial charge in [-0.2, -0.15) is 0 Å². The number of hydrogen-bond acceptors (Lipinski definition) is 4. The molecule has 0 saturated carbocycles. The summed E-state index contributed by atoms with van der Waals surface area (Å²) in [6, 6.07) is 17.9. The smallest absolute Gasteiger partial charge is 0.261 e. The van der Waals surface area contributed by atoms with E-state index in [0.29, 0.717) is 31.2 Å². The molecule has 2 N–H and O–H groups in total. The van der Waals surface area contributed by atoms with Crippen LogP contribution in [0.2, 0.25) is 0 Å². The highest BCUT2D eigenvalue weighted by Gasteiger charge is 2.17. The van der Waals surface area contributed by atoms with Crippen LogP contribution in [0, 0.1) is 11.6 Å². The van der Waals surface area contributed by atoms with E-state index in [2.05, 4.69) is 10.0 Å². The fourth-order valence-corrected chi connectivity index (χ4v) is 4.07. The highest BCUT2D eigenvalue weighted by atomic mass is 32.2. The molecule has 1 unspecified atom stereocenters. The first kappa shape index (κ1) is 24.3. The van der Waals surface area contributed by atoms with E-state index >= 15 is 0 Å². The summed E-state index contributed by atoms with van der Waals surface area (Å²) >= 11 is 0. The standard InChI is InChI=1S/C24H24F2N2O4S/c1-17(18-6-3-2-4-7-18)32-15-5-14-27-24(29)19-8-10-20(11-9-19)28-33(30,31)21-12-13-22(25)23(26)16-21/h2-4,6-13,16-17,28H,5,14-15H2,1H3,(H,27,29). The van der Waals surface area contributed by atoms with Gasteiger partial charge in [0.05, 0.1) is 11.0 Å². The van der Waals surface area contributed by atoms with Gasteiger partial charge in [0.1, 0.15) is 0 Å². The van der Waals surface area contributed by atoms with Gasteiger partial charge in [-0.05, 0) is 61.4 Å². The molecule has 6 nitrogen and oxygen atoms in total. The Morgan fingerprint density at radius 3 is 2.33 bits per heavy atom. The van der Waals surface area contributed by atoms with Crippen molar-refractivity contribution in [1.29, 1.82) is 0 Å². The SMILES string of the molecule is CC(OCCCNC(=O)c1ccc(NS(=O)(=O)c2ccc(F)c(F)c2)cc1)c1ccccc1. The summed E-state index contributed by atoms with van der Waals surface area (Å²) in [5, 5.41) is 2.78. The van der Waals surface area contributed by atoms with Gasteiger partial charge in [0, 0.05) is 24.4 Å². The van der Waals surface area contributed by atoms with E-state index < -0.39 is 26.6 Å². The summed E-state index contributed by atoms with van der Waals surface area (Å²) in [7, 11) is -4.10. The third-order valence-corrected chi connectivity index (χ3v) is 6.22. The van der Waals surface area contributed by atoms with Crippen molar-refractivity contribution in [3.8, 4) is 0 Å². The van der Waals surface area contributed by atoms with E-state index in [4.69, 9.17) is 4.74 Å². The van der Waals surface area contributed by atoms with E-state index in [1.54, 1.807) is 0 Å². The first-order valence-electron chi connectivity index (χ1n) is 10.3. The molecule has 0 aromatic heterocycles. The topological polar surface area (TPSA) is 84.5 Å². The van der Waals surface area contributed by atoms with E-state index in [-0.39, 0.29) is 17.7 Å². The average molecular weight is 475 g/mol. The molecule has 0 aliphatic heterocycles. The second-order valence-electron chi connectivity index (χ2n) is 7.29. The Kier molecular flexibility index (Phi) is 8.13. The average Bonchev–Trinajstić information content (AvgIpc) is 2.81. The van der Waals surface area contributed by atoms with Gasteiger partial charge in [-0.25, -0.2) is 17.2 Å². The van der Waals surface area contributed by atoms with Crippen molar-refractivity contribution in [2.75, 3.05) is 17.9 Å². The molecule has 3 rings (SSSR count). The highest BCUT2D eigenvalue weighted by Crippen LogP contribution is 2.19. The van der Waals surface area contributed by atoms with Gasteiger partial charge in [-0.3, -0.25) is 9.52 Å². The molecule has 0 aliphatic carbocycles. The maximum Gasteiger partial charge on any atom is 0.261 e. The summed E-state index contributed by atoms with van der Waals surface area (Å²) in [6.45, 7) is 2.88. The van der Waals surface area contributed by atoms with Gasteiger partial charge >= 0.3 is 0 Å². The lowest BCUT2D eigenvalue weighted by atomic mass is 10.1. The summed E-state index contributed by atoms with van der Waals surface area (Å²) in [5.74, 6) is -2.70. The Labute approximate surface area is 191 Å². The third kappa shape index (κ3) is 6.84. The zero-order chi connectivity index (χ0) is 23.8. The molecule has 33 heavy (non-hydrogen) atoms. The summed E-state index contributed by atoms with van der Waals surface area (Å²) in [4.78, 5) is 11.9. The number of halogens is 2. The molecule has 0 heterocycles. The number of hydrogen-bond donors (Lipinski definition) is 2. The van der Waals surface area contributed by atoms with E-state index in [1.165, 1.54) is 24.3 Å². The normalized spacial score (nSPS) is 12.2. The minimum atomic E-state index is -4.10. The molecule has 0 radical (unpaired) electrons. The molecule has 3 aromatic rings. The molecule has 0 aliphatic rings. The molecular formula is C24H24F2N2O4S. The highest BCUT2D eigenvalue weighted by molar-refractivity contribution is 7.92. The zero-order valence-corrected chi connectivity index (χ0v) is 18.7. The van der Waals surface area contributed by atoms with Crippen LogP contribution in [0.25, 0.3) is 0 Å². The lowest BCUT2D eigenvalue weighted by Gasteiger charge is -2.13. The van der Waals surface area contributed by atoms with Crippen LogP contribution in [-0.4, -0.2) is 27.5 Å². The van der Waals surface area contributed by atoms with Crippen LogP contribution in [0.1, 0.15) is 35.4 Å². The van der Waals surface area contributed by atoms with Gasteiger partial charge in [0.2, 0.25) is 0 Å². The lowest BCUT2D eigenvalue weighted by Crippen LogP contribution is -2.25. The van der Waals surface area contributed by atoms with Crippen molar-refractivity contribution < 1.29 is 26.7 Å². The molecule has 9 heteroatoms. The van der Waals surface area contributed by atoms with Crippen LogP contribution in [0.5, 0.6) is 0 Å². The molecule has 174 valence electrons. The molecule has 0 saturated heterocycles. The number of carbonyl (C=O) groups excluding carboxylic acids is 1. The zero-order valence-electron chi connectivity index (χ0n) is 17.9. The Hall–Kier alpha value is -3.30. The number of carbonyl (C=O) groups is 1. The van der Waals surface area contributed by atoms with Crippen LogP contribution in [0.15, 0.2) is 77.7 Å². The monoisotopic (exact) mass is 474 g/mol. The van der Waals surface area contributed by atoms with Crippen LogP contribution in [0.4, 0.5) is 14.5 Å². The van der Waals surface area contributed by atoms with Gasteiger partial charge in [-0.1, -0.05) is 30.3 Å². The van der Waals surface area contributed by atoms with Crippen LogP contribution >= 0.6 is 0 Å². The van der Waals surface area contributed by atoms with Crippen molar-refractivity contribution in [2.24, 2.45) is 0 Å². The molecule has 1 amide bonds. The van der Waals surface area contributed by atoms with Crippen molar-refractivity contribution in [3.05, 3.63) is 95.6 Å². The van der Waals surface area contributed by atoms with E-state index in [0.717, 1.165) is 17.7 Å². The van der Waals surface area contributed by atoms with Gasteiger partial charge in [0.15, 0.2) is 11.6 Å². The fraction of sp³-hybridized carbons (Fsp3) is 0.208. The van der Waals surface area contributed by atoms with E-state index in [9.17, 15) is 22.0 Å². The number of anilines is 1. The van der Waals surface area contributed by atoms with Gasteiger partial charge in [0.25, 0.3) is 15.9 Å². The first-order chi connectivity index (χ1) is 15.8. The number of sulfonamides is 1. The van der Waals surface area contributed by atoms with Crippen molar-refractivity contribution >= 4 is 21.6 Å². The minimum Gasteiger partial charge on any atom is -0.374 e. The number of amides is 1. The lowest BCUT2D eigenvalue weighted by molar-refractivity contribution is 0.0635. The predicted molar refractivity (Wildman–Crippen MR) is 121 cm³/mol. The molecule has 1 atom stereocenters. The second-order valence-corrected chi connectivity index (χ2v) is 8.97. The van der Waals surface area contributed by atoms with Crippen LogP contribution in [-0.2, 0) is 14.8 Å². The maximum atomic E-state index is 13.3. The van der Waals surface area contributed by atoms with Gasteiger partial charge in [-0.15, -0.1) is 0 Å². The van der Waals surface area contributed by atoms with Crippen molar-refractivity contribution in [3.63, 3.8) is 0 Å². The Morgan fingerprint density at radius 1 is 0.970 bits per heavy atom. The molecule has 0 fully saturated rings. The number of nitrogens with one attached hydrogen (secondary N) is 2. The minimum absolute atomic E-state index is 0.0374. The summed E-state index contributed by atoms with van der Waals surface area (Å²) in [6.07, 6.45) is 0.597. The quantitative estimate of drug-likeness (QED) is 0.419. The number of benzene rings is 3. The summed E-state index contributed by atoms with van der Waals surface area (Å²) in [5.41, 5.74) is 1.62. The largest absolute Gasteiger partial charge is 0.374 e. The van der Waals surface area contributed by atoms with Gasteiger partial charge < -0.3 is 10.1 Å². The molecular weight excluding hydrogens is 450 g/mol. The predicted octanol–water partition coefficient (Wildman–Crippen LogP) is 4.66. The summed E-state index contributed by atoms with van der Waals surface area (Å²) < 4.78 is 59.1. The molecule has 3 aromatic carbocycles. The Bertz CT molecular complexity index is 1190. The van der Waals surface area contributed by atoms with Crippen LogP contribution < -0.4 is 10.0 Å². The number of rotatable bonds is 10. The Morgan fingerprint density at radius 2 is 1.67 bits per heavy atom. The van der Waals surface area contributed by atoms with E-state index in [1.807, 2.05) is 37.3 Å². The molecule has 0 bridgehead atoms. The molecule has 0 spiro atoms. The number of ether oxygens (including phenoxy) is 1. The fourth-order valence-electron chi connectivity index (χ4n) is 3.00. The third-order valence-electron chi connectivity index (χ3n) is 4.84. The van der Waals surface area contributed by atoms with Crippen LogP contribution in [0.3, 0.4) is 0 Å². The maximum absolute atomic E-state index is 13.3. The second kappa shape index (κ2) is 11.0. The Balaban J connectivity index is 1.46. The first-order valence-corrected chi connectivity index (χ1v) is 11.8.